The van der Waals surface area contributed by atoms with Gasteiger partial charge in [0.05, 0.1) is 5.66 Å². The molecule has 0 bridgehead atoms. The van der Waals surface area contributed by atoms with Crippen LogP contribution >= 0.6 is 7.60 Å². The predicted octanol–water partition coefficient (Wildman–Crippen LogP) is 1.82. The normalized spacial score (nSPS) is 27.9. The lowest BCUT2D eigenvalue weighted by atomic mass is 9.80. The Labute approximate surface area is 91.8 Å². The molecule has 1 heterocycles. The van der Waals surface area contributed by atoms with Gasteiger partial charge in [-0.15, -0.1) is 0 Å². The van der Waals surface area contributed by atoms with Crippen molar-refractivity contribution < 1.29 is 14.4 Å². The Kier molecular flexibility index (Phi) is 3.12. The quantitative estimate of drug-likeness (QED) is 0.680. The fourth-order valence-electron chi connectivity index (χ4n) is 2.56. The second-order valence-electron chi connectivity index (χ2n) is 5.84. The summed E-state index contributed by atoms with van der Waals surface area (Å²) in [5, 5.41) is 0. The molecule has 5 heteroatoms. The van der Waals surface area contributed by atoms with Crippen LogP contribution in [0.2, 0.25) is 0 Å². The van der Waals surface area contributed by atoms with Crippen LogP contribution in [0, 0.1) is 0 Å². The van der Waals surface area contributed by atoms with Crippen LogP contribution in [-0.4, -0.2) is 38.5 Å². The minimum atomic E-state index is -3.95. The van der Waals surface area contributed by atoms with Gasteiger partial charge in [-0.3, -0.25) is 9.46 Å². The average molecular weight is 235 g/mol. The standard InChI is InChI=1S/C10H22NO3P/c1-9(2)6-8(15(12,13)14)7-10(3,4)11(9)5/h8H,6-7H2,1-5H3,(H2,12,13,14). The van der Waals surface area contributed by atoms with Crippen molar-refractivity contribution >= 4 is 7.60 Å². The van der Waals surface area contributed by atoms with Crippen molar-refractivity contribution in [2.75, 3.05) is 7.05 Å². The Hall–Kier alpha value is 0.110. The van der Waals surface area contributed by atoms with E-state index in [0.717, 1.165) is 0 Å². The molecule has 0 amide bonds. The number of hydrogen-bond donors (Lipinski definition) is 2. The molecule has 15 heavy (non-hydrogen) atoms. The SMILES string of the molecule is CN1C(C)(C)CC(P(=O)(O)O)CC1(C)C. The summed E-state index contributed by atoms with van der Waals surface area (Å²) in [5.74, 6) is 0. The van der Waals surface area contributed by atoms with Crippen molar-refractivity contribution in [2.45, 2.75) is 57.3 Å². The van der Waals surface area contributed by atoms with E-state index in [1.807, 2.05) is 34.7 Å². The molecule has 1 saturated heterocycles. The zero-order valence-corrected chi connectivity index (χ0v) is 11.1. The van der Waals surface area contributed by atoms with Crippen molar-refractivity contribution in [3.63, 3.8) is 0 Å². The number of likely N-dealkylation sites (tertiary alicyclic amines) is 1. The summed E-state index contributed by atoms with van der Waals surface area (Å²) in [6.45, 7) is 8.15. The fourth-order valence-corrected chi connectivity index (χ4v) is 3.93. The summed E-state index contributed by atoms with van der Waals surface area (Å²) < 4.78 is 11.3. The highest BCUT2D eigenvalue weighted by Gasteiger charge is 2.48. The first kappa shape index (κ1) is 13.2. The van der Waals surface area contributed by atoms with Crippen LogP contribution in [-0.2, 0) is 4.57 Å². The van der Waals surface area contributed by atoms with E-state index in [1.54, 1.807) is 0 Å². The summed E-state index contributed by atoms with van der Waals surface area (Å²) in [7, 11) is -1.93. The maximum absolute atomic E-state index is 11.3. The Bertz CT molecular complexity index is 277. The van der Waals surface area contributed by atoms with E-state index in [-0.39, 0.29) is 11.1 Å². The zero-order valence-electron chi connectivity index (χ0n) is 10.2. The van der Waals surface area contributed by atoms with Crippen molar-refractivity contribution in [3.8, 4) is 0 Å². The molecule has 1 aliphatic heterocycles. The minimum Gasteiger partial charge on any atom is -0.324 e. The van der Waals surface area contributed by atoms with E-state index in [4.69, 9.17) is 0 Å². The van der Waals surface area contributed by atoms with E-state index in [0.29, 0.717) is 12.8 Å². The first-order valence-corrected chi connectivity index (χ1v) is 6.94. The highest BCUT2D eigenvalue weighted by atomic mass is 31.2. The van der Waals surface area contributed by atoms with Crippen LogP contribution in [0.4, 0.5) is 0 Å². The molecule has 1 fully saturated rings. The molecule has 0 aromatic carbocycles. The molecule has 0 saturated carbocycles. The van der Waals surface area contributed by atoms with Gasteiger partial charge in [-0.05, 0) is 47.6 Å². The maximum atomic E-state index is 11.3. The fraction of sp³-hybridized carbons (Fsp3) is 1.00. The molecule has 0 aliphatic carbocycles. The van der Waals surface area contributed by atoms with Crippen molar-refractivity contribution in [1.29, 1.82) is 0 Å². The van der Waals surface area contributed by atoms with Crippen LogP contribution in [0.3, 0.4) is 0 Å². The maximum Gasteiger partial charge on any atom is 0.328 e. The molecular formula is C10H22NO3P. The first-order chi connectivity index (χ1) is 6.47. The van der Waals surface area contributed by atoms with Crippen LogP contribution < -0.4 is 0 Å². The van der Waals surface area contributed by atoms with Gasteiger partial charge >= 0.3 is 7.60 Å². The van der Waals surface area contributed by atoms with Gasteiger partial charge in [0.15, 0.2) is 0 Å². The van der Waals surface area contributed by atoms with E-state index >= 15 is 0 Å². The lowest BCUT2D eigenvalue weighted by molar-refractivity contribution is -0.00352. The summed E-state index contributed by atoms with van der Waals surface area (Å²) in [6.07, 6.45) is 1.11. The van der Waals surface area contributed by atoms with Gasteiger partial charge in [0, 0.05) is 11.1 Å². The second-order valence-corrected chi connectivity index (χ2v) is 7.74. The van der Waals surface area contributed by atoms with Crippen molar-refractivity contribution in [2.24, 2.45) is 0 Å². The van der Waals surface area contributed by atoms with E-state index < -0.39 is 13.3 Å². The van der Waals surface area contributed by atoms with Crippen LogP contribution in [0.25, 0.3) is 0 Å². The largest absolute Gasteiger partial charge is 0.328 e. The van der Waals surface area contributed by atoms with Gasteiger partial charge in [0.1, 0.15) is 0 Å². The molecule has 0 aromatic rings. The molecule has 0 atom stereocenters. The van der Waals surface area contributed by atoms with E-state index in [2.05, 4.69) is 4.90 Å². The number of nitrogens with zero attached hydrogens (tertiary/aromatic N) is 1. The summed E-state index contributed by atoms with van der Waals surface area (Å²) in [6, 6.07) is 0. The third-order valence-electron chi connectivity index (χ3n) is 3.76. The molecule has 1 aliphatic rings. The van der Waals surface area contributed by atoms with Crippen molar-refractivity contribution in [3.05, 3.63) is 0 Å². The number of piperidine rings is 1. The Morgan fingerprint density at radius 2 is 1.47 bits per heavy atom. The Balaban J connectivity index is 2.99. The summed E-state index contributed by atoms with van der Waals surface area (Å²) in [5.41, 5.74) is -0.820. The zero-order chi connectivity index (χ0) is 12.1. The van der Waals surface area contributed by atoms with Gasteiger partial charge in [-0.1, -0.05) is 0 Å². The molecule has 90 valence electrons. The highest BCUT2D eigenvalue weighted by molar-refractivity contribution is 7.52. The second kappa shape index (κ2) is 3.56. The van der Waals surface area contributed by atoms with Crippen LogP contribution in [0.5, 0.6) is 0 Å². The lowest BCUT2D eigenvalue weighted by Crippen LogP contribution is -2.59. The van der Waals surface area contributed by atoms with Crippen molar-refractivity contribution in [1.82, 2.24) is 4.90 Å². The topological polar surface area (TPSA) is 60.8 Å². The van der Waals surface area contributed by atoms with Gasteiger partial charge in [-0.2, -0.15) is 0 Å². The molecule has 0 radical (unpaired) electrons. The van der Waals surface area contributed by atoms with Gasteiger partial charge < -0.3 is 9.79 Å². The van der Waals surface area contributed by atoms with E-state index in [9.17, 15) is 14.4 Å². The molecule has 0 aromatic heterocycles. The minimum absolute atomic E-state index is 0.159. The van der Waals surface area contributed by atoms with Gasteiger partial charge in [0.2, 0.25) is 0 Å². The third kappa shape index (κ3) is 2.62. The monoisotopic (exact) mass is 235 g/mol. The third-order valence-corrected chi connectivity index (χ3v) is 5.08. The highest BCUT2D eigenvalue weighted by Crippen LogP contribution is 2.52. The molecule has 1 rings (SSSR count). The van der Waals surface area contributed by atoms with E-state index in [1.165, 1.54) is 0 Å². The smallest absolute Gasteiger partial charge is 0.324 e. The summed E-state index contributed by atoms with van der Waals surface area (Å²) in [4.78, 5) is 20.8. The first-order valence-electron chi connectivity index (χ1n) is 5.26. The predicted molar refractivity (Wildman–Crippen MR) is 61.0 cm³/mol. The van der Waals surface area contributed by atoms with Crippen LogP contribution in [0.15, 0.2) is 0 Å². The molecular weight excluding hydrogens is 213 g/mol. The van der Waals surface area contributed by atoms with Gasteiger partial charge in [-0.25, -0.2) is 0 Å². The number of hydrogen-bond acceptors (Lipinski definition) is 2. The molecule has 2 N–H and O–H groups in total. The molecule has 4 nitrogen and oxygen atoms in total. The Morgan fingerprint density at radius 1 is 1.13 bits per heavy atom. The molecule has 0 spiro atoms. The average Bonchev–Trinajstić information content (AvgIpc) is 1.97. The Morgan fingerprint density at radius 3 is 1.73 bits per heavy atom. The molecule has 0 unspecified atom stereocenters. The lowest BCUT2D eigenvalue weighted by Gasteiger charge is -2.53. The van der Waals surface area contributed by atoms with Crippen LogP contribution in [0.1, 0.15) is 40.5 Å². The van der Waals surface area contributed by atoms with Gasteiger partial charge in [0.25, 0.3) is 0 Å². The summed E-state index contributed by atoms with van der Waals surface area (Å²) >= 11 is 0. The number of rotatable bonds is 1.